The van der Waals surface area contributed by atoms with Crippen molar-refractivity contribution in [3.8, 4) is 0 Å². The maximum absolute atomic E-state index is 13.8. The van der Waals surface area contributed by atoms with E-state index in [1.54, 1.807) is 0 Å². The lowest BCUT2D eigenvalue weighted by atomic mass is 10.1. The molecule has 2 heterocycles. The van der Waals surface area contributed by atoms with Crippen LogP contribution in [0.1, 0.15) is 11.3 Å². The van der Waals surface area contributed by atoms with Crippen LogP contribution in [0.25, 0.3) is 5.57 Å². The van der Waals surface area contributed by atoms with Crippen LogP contribution in [0.5, 0.6) is 0 Å². The molecule has 0 aliphatic rings. The van der Waals surface area contributed by atoms with E-state index in [0.29, 0.717) is 0 Å². The minimum absolute atomic E-state index is 0.0275. The molecule has 0 bridgehead atoms. The normalized spacial score (nSPS) is 12.3. The third-order valence-corrected chi connectivity index (χ3v) is 3.72. The van der Waals surface area contributed by atoms with Gasteiger partial charge in [0.2, 0.25) is 11.9 Å². The highest BCUT2D eigenvalue weighted by atomic mass is 32.2. The van der Waals surface area contributed by atoms with E-state index in [0.717, 1.165) is 36.2 Å². The molecular formula is C16H11F5N4S. The SMILES string of the molecule is C=C/C(=C(/F)N=C)c1nc(NSc2cccc(F)n2)ccc1C(F)(F)F. The van der Waals surface area contributed by atoms with Crippen molar-refractivity contribution < 1.29 is 22.0 Å². The standard InChI is InChI=1S/C16H11F5N4S/c1-3-9(15(18)22-2)14-10(16(19,20)21)7-8-12(24-14)25-26-13-6-4-5-11(17)23-13/h3-8H,1-2H2,(H,24,25)/b15-9+. The zero-order chi connectivity index (χ0) is 19.3. The second kappa shape index (κ2) is 8.09. The predicted octanol–water partition coefficient (Wildman–Crippen LogP) is 5.28. The van der Waals surface area contributed by atoms with Gasteiger partial charge in [0.1, 0.15) is 10.8 Å². The largest absolute Gasteiger partial charge is 0.418 e. The maximum atomic E-state index is 13.8. The molecule has 0 amide bonds. The van der Waals surface area contributed by atoms with E-state index in [-0.39, 0.29) is 10.8 Å². The highest BCUT2D eigenvalue weighted by Gasteiger charge is 2.35. The van der Waals surface area contributed by atoms with Crippen molar-refractivity contribution >= 4 is 30.1 Å². The van der Waals surface area contributed by atoms with Crippen molar-refractivity contribution in [2.24, 2.45) is 4.99 Å². The first-order chi connectivity index (χ1) is 12.3. The number of rotatable bonds is 6. The van der Waals surface area contributed by atoms with Crippen molar-refractivity contribution in [3.63, 3.8) is 0 Å². The fourth-order valence-electron chi connectivity index (χ4n) is 1.86. The van der Waals surface area contributed by atoms with Gasteiger partial charge in [0, 0.05) is 11.9 Å². The Labute approximate surface area is 149 Å². The number of aromatic nitrogens is 2. The lowest BCUT2D eigenvalue weighted by molar-refractivity contribution is -0.138. The average Bonchev–Trinajstić information content (AvgIpc) is 2.59. The fraction of sp³-hybridized carbons (Fsp3) is 0.0625. The number of nitrogens with one attached hydrogen (secondary N) is 1. The Hall–Kier alpha value is -2.75. The minimum Gasteiger partial charge on any atom is -0.309 e. The molecule has 2 aromatic rings. The van der Waals surface area contributed by atoms with Gasteiger partial charge in [-0.05, 0) is 31.0 Å². The first kappa shape index (κ1) is 19.6. The second-order valence-corrected chi connectivity index (χ2v) is 5.49. The molecule has 10 heteroatoms. The number of allylic oxidation sites excluding steroid dienone is 2. The van der Waals surface area contributed by atoms with Gasteiger partial charge in [0.15, 0.2) is 0 Å². The third kappa shape index (κ3) is 4.66. The summed E-state index contributed by atoms with van der Waals surface area (Å²) in [5.74, 6) is -1.98. The fourth-order valence-corrected chi connectivity index (χ4v) is 2.47. The Balaban J connectivity index is 2.43. The van der Waals surface area contributed by atoms with Crippen LogP contribution in [-0.2, 0) is 6.18 Å². The molecule has 0 saturated carbocycles. The number of nitrogens with zero attached hydrogens (tertiary/aromatic N) is 3. The number of hydrogen-bond donors (Lipinski definition) is 1. The molecule has 0 aliphatic heterocycles. The van der Waals surface area contributed by atoms with Crippen molar-refractivity contribution in [1.82, 2.24) is 9.97 Å². The van der Waals surface area contributed by atoms with Gasteiger partial charge in [-0.1, -0.05) is 18.7 Å². The van der Waals surface area contributed by atoms with Crippen LogP contribution >= 0.6 is 11.9 Å². The molecule has 1 N–H and O–H groups in total. The summed E-state index contributed by atoms with van der Waals surface area (Å²) in [6.07, 6.45) is -3.90. The molecule has 0 aliphatic carbocycles. The molecule has 2 aromatic heterocycles. The van der Waals surface area contributed by atoms with E-state index >= 15 is 0 Å². The molecule has 0 aromatic carbocycles. The summed E-state index contributed by atoms with van der Waals surface area (Å²) in [5, 5.41) is 0.228. The Kier molecular flexibility index (Phi) is 6.09. The summed E-state index contributed by atoms with van der Waals surface area (Å²) in [6, 6.07) is 5.84. The van der Waals surface area contributed by atoms with Crippen molar-refractivity contribution in [2.75, 3.05) is 4.72 Å². The van der Waals surface area contributed by atoms with Gasteiger partial charge in [-0.2, -0.15) is 22.0 Å². The average molecular weight is 386 g/mol. The number of pyridine rings is 2. The van der Waals surface area contributed by atoms with E-state index in [4.69, 9.17) is 0 Å². The van der Waals surface area contributed by atoms with E-state index in [1.807, 2.05) is 0 Å². The first-order valence-corrected chi connectivity index (χ1v) is 7.71. The van der Waals surface area contributed by atoms with E-state index in [2.05, 4.69) is 33.0 Å². The lowest BCUT2D eigenvalue weighted by Crippen LogP contribution is -2.11. The Morgan fingerprint density at radius 2 is 1.92 bits per heavy atom. The molecule has 0 unspecified atom stereocenters. The molecular weight excluding hydrogens is 375 g/mol. The van der Waals surface area contributed by atoms with Crippen LogP contribution in [0.4, 0.5) is 27.8 Å². The van der Waals surface area contributed by atoms with Crippen LogP contribution in [0, 0.1) is 5.95 Å². The first-order valence-electron chi connectivity index (χ1n) is 6.89. The third-order valence-electron chi connectivity index (χ3n) is 2.97. The Morgan fingerprint density at radius 1 is 1.19 bits per heavy atom. The van der Waals surface area contributed by atoms with Gasteiger partial charge in [-0.25, -0.2) is 15.0 Å². The van der Waals surface area contributed by atoms with E-state index < -0.39 is 34.9 Å². The van der Waals surface area contributed by atoms with E-state index in [1.165, 1.54) is 12.1 Å². The summed E-state index contributed by atoms with van der Waals surface area (Å²) in [6.45, 7) is 6.24. The highest BCUT2D eigenvalue weighted by molar-refractivity contribution is 8.00. The van der Waals surface area contributed by atoms with Crippen molar-refractivity contribution in [3.05, 3.63) is 66.1 Å². The Morgan fingerprint density at radius 3 is 2.50 bits per heavy atom. The van der Waals surface area contributed by atoms with Crippen LogP contribution in [0.15, 0.2) is 59.0 Å². The summed E-state index contributed by atoms with van der Waals surface area (Å²) in [4.78, 5) is 10.4. The molecule has 0 fully saturated rings. The number of anilines is 1. The van der Waals surface area contributed by atoms with Crippen LogP contribution in [0.3, 0.4) is 0 Å². The van der Waals surface area contributed by atoms with Gasteiger partial charge < -0.3 is 4.72 Å². The quantitative estimate of drug-likeness (QED) is 0.183. The molecule has 0 saturated heterocycles. The number of aliphatic imine (C=N–C) groups is 1. The Bertz CT molecular complexity index is 864. The van der Waals surface area contributed by atoms with Crippen molar-refractivity contribution in [2.45, 2.75) is 11.2 Å². The van der Waals surface area contributed by atoms with Gasteiger partial charge in [0.25, 0.3) is 0 Å². The lowest BCUT2D eigenvalue weighted by Gasteiger charge is -2.14. The van der Waals surface area contributed by atoms with Gasteiger partial charge in [-0.15, -0.1) is 0 Å². The van der Waals surface area contributed by atoms with Crippen molar-refractivity contribution in [1.29, 1.82) is 0 Å². The van der Waals surface area contributed by atoms with Crippen LogP contribution < -0.4 is 4.72 Å². The van der Waals surface area contributed by atoms with Gasteiger partial charge >= 0.3 is 6.18 Å². The number of alkyl halides is 3. The smallest absolute Gasteiger partial charge is 0.309 e. The summed E-state index contributed by atoms with van der Waals surface area (Å²) in [5.41, 5.74) is -2.41. The molecule has 0 atom stereocenters. The van der Waals surface area contributed by atoms with Gasteiger partial charge in [0.05, 0.1) is 16.8 Å². The minimum atomic E-state index is -4.77. The van der Waals surface area contributed by atoms with E-state index in [9.17, 15) is 22.0 Å². The molecule has 26 heavy (non-hydrogen) atoms. The van der Waals surface area contributed by atoms with Gasteiger partial charge in [-0.3, -0.25) is 0 Å². The summed E-state index contributed by atoms with van der Waals surface area (Å²) in [7, 11) is 0. The number of halogens is 5. The van der Waals surface area contributed by atoms with Crippen LogP contribution in [0.2, 0.25) is 0 Å². The molecule has 0 spiro atoms. The molecule has 0 radical (unpaired) electrons. The number of hydrogen-bond acceptors (Lipinski definition) is 5. The monoisotopic (exact) mass is 386 g/mol. The maximum Gasteiger partial charge on any atom is 0.418 e. The predicted molar refractivity (Wildman–Crippen MR) is 90.7 cm³/mol. The zero-order valence-corrected chi connectivity index (χ0v) is 13.8. The zero-order valence-electron chi connectivity index (χ0n) is 13.0. The highest BCUT2D eigenvalue weighted by Crippen LogP contribution is 2.36. The summed E-state index contributed by atoms with van der Waals surface area (Å²) >= 11 is 0.827. The molecule has 2 rings (SSSR count). The van der Waals surface area contributed by atoms with Crippen LogP contribution in [-0.4, -0.2) is 16.7 Å². The molecule has 136 valence electrons. The second-order valence-electron chi connectivity index (χ2n) is 4.66. The molecule has 4 nitrogen and oxygen atoms in total. The summed E-state index contributed by atoms with van der Waals surface area (Å²) < 4.78 is 69.0. The topological polar surface area (TPSA) is 50.2 Å².